The van der Waals surface area contributed by atoms with Gasteiger partial charge in [0.05, 0.1) is 17.6 Å². The maximum atomic E-state index is 4.50. The number of pyridine rings is 2. The van der Waals surface area contributed by atoms with Gasteiger partial charge in [0.25, 0.3) is 0 Å². The molecular formula is C21H17N3. The number of hydrogen-bond donors (Lipinski definition) is 0. The molecule has 4 rings (SSSR count). The maximum Gasteiger partial charge on any atom is 0.0716 e. The van der Waals surface area contributed by atoms with Crippen molar-refractivity contribution in [1.29, 1.82) is 0 Å². The highest BCUT2D eigenvalue weighted by atomic mass is 15.1. The molecule has 2 aromatic heterocycles. The van der Waals surface area contributed by atoms with E-state index in [1.54, 1.807) is 6.20 Å². The molecule has 3 nitrogen and oxygen atoms in total. The highest BCUT2D eigenvalue weighted by molar-refractivity contribution is 5.88. The van der Waals surface area contributed by atoms with Crippen molar-refractivity contribution in [3.05, 3.63) is 103 Å². The monoisotopic (exact) mass is 311 g/mol. The van der Waals surface area contributed by atoms with E-state index >= 15 is 0 Å². The van der Waals surface area contributed by atoms with Gasteiger partial charge in [0.2, 0.25) is 0 Å². The van der Waals surface area contributed by atoms with Gasteiger partial charge in [0, 0.05) is 30.7 Å². The Bertz CT molecular complexity index is 869. The first kappa shape index (κ1) is 14.4. The molecule has 0 radical (unpaired) electrons. The fourth-order valence-electron chi connectivity index (χ4n) is 2.86. The Balaban J connectivity index is 1.79. The molecule has 0 atom stereocenters. The molecule has 24 heavy (non-hydrogen) atoms. The molecule has 0 bridgehead atoms. The quantitative estimate of drug-likeness (QED) is 0.717. The second kappa shape index (κ2) is 6.50. The van der Waals surface area contributed by atoms with E-state index in [2.05, 4.69) is 57.5 Å². The molecule has 0 amide bonds. The number of allylic oxidation sites excluding steroid dienone is 2. The maximum absolute atomic E-state index is 4.50. The summed E-state index contributed by atoms with van der Waals surface area (Å²) in [6.45, 7) is 0.812. The molecule has 3 heteroatoms. The van der Waals surface area contributed by atoms with Crippen LogP contribution in [0.25, 0.3) is 11.1 Å². The molecule has 1 aromatic carbocycles. The second-order valence-corrected chi connectivity index (χ2v) is 5.67. The highest BCUT2D eigenvalue weighted by Gasteiger charge is 2.16. The van der Waals surface area contributed by atoms with Gasteiger partial charge in [-0.05, 0) is 41.5 Å². The van der Waals surface area contributed by atoms with Crippen molar-refractivity contribution in [2.45, 2.75) is 0 Å². The minimum atomic E-state index is 0.812. The predicted molar refractivity (Wildman–Crippen MR) is 98.2 cm³/mol. The molecule has 1 aliphatic rings. The molecule has 0 spiro atoms. The Kier molecular flexibility index (Phi) is 3.90. The smallest absolute Gasteiger partial charge is 0.0716 e. The minimum Gasteiger partial charge on any atom is -0.342 e. The molecule has 3 heterocycles. The predicted octanol–water partition coefficient (Wildman–Crippen LogP) is 4.42. The van der Waals surface area contributed by atoms with Crippen LogP contribution < -0.4 is 4.90 Å². The Hall–Kier alpha value is -3.20. The second-order valence-electron chi connectivity index (χ2n) is 5.67. The van der Waals surface area contributed by atoms with Crippen LogP contribution >= 0.6 is 0 Å². The lowest BCUT2D eigenvalue weighted by molar-refractivity contribution is 1.07. The van der Waals surface area contributed by atoms with Crippen molar-refractivity contribution in [3.63, 3.8) is 0 Å². The van der Waals surface area contributed by atoms with Gasteiger partial charge in [-0.2, -0.15) is 0 Å². The molecule has 0 saturated carbocycles. The number of aromatic nitrogens is 2. The molecule has 0 aliphatic carbocycles. The third-order valence-corrected chi connectivity index (χ3v) is 4.05. The summed E-state index contributed by atoms with van der Waals surface area (Å²) >= 11 is 0. The van der Waals surface area contributed by atoms with Crippen LogP contribution in [0.5, 0.6) is 0 Å². The summed E-state index contributed by atoms with van der Waals surface area (Å²) in [5.74, 6) is 0. The van der Waals surface area contributed by atoms with Crippen LogP contribution in [0.3, 0.4) is 0 Å². The first-order chi connectivity index (χ1) is 11.9. The topological polar surface area (TPSA) is 29.0 Å². The summed E-state index contributed by atoms with van der Waals surface area (Å²) in [5.41, 5.74) is 5.65. The zero-order chi connectivity index (χ0) is 16.2. The van der Waals surface area contributed by atoms with Gasteiger partial charge in [-0.1, -0.05) is 36.4 Å². The summed E-state index contributed by atoms with van der Waals surface area (Å²) in [6, 6.07) is 20.5. The van der Waals surface area contributed by atoms with Crippen molar-refractivity contribution in [3.8, 4) is 0 Å². The standard InChI is InChI=1S/C21H17N3/c1-2-7-17(8-3-1)18-13-19(21-10-4-5-12-23-21)16-24(15-18)20-9-6-11-22-14-20/h1-14,16H,15H2. The fourth-order valence-corrected chi connectivity index (χ4v) is 2.86. The van der Waals surface area contributed by atoms with E-state index in [0.29, 0.717) is 0 Å². The Morgan fingerprint density at radius 3 is 2.46 bits per heavy atom. The largest absolute Gasteiger partial charge is 0.342 e. The lowest BCUT2D eigenvalue weighted by Crippen LogP contribution is -2.22. The van der Waals surface area contributed by atoms with Gasteiger partial charge < -0.3 is 4.90 Å². The van der Waals surface area contributed by atoms with E-state index < -0.39 is 0 Å². The van der Waals surface area contributed by atoms with Crippen molar-refractivity contribution in [2.75, 3.05) is 11.4 Å². The molecule has 1 aliphatic heterocycles. The van der Waals surface area contributed by atoms with Crippen LogP contribution in [0.2, 0.25) is 0 Å². The van der Waals surface area contributed by atoms with E-state index in [4.69, 9.17) is 0 Å². The summed E-state index contributed by atoms with van der Waals surface area (Å²) in [5, 5.41) is 0. The van der Waals surface area contributed by atoms with Gasteiger partial charge in [-0.15, -0.1) is 0 Å². The fraction of sp³-hybridized carbons (Fsp3) is 0.0476. The van der Waals surface area contributed by atoms with Crippen LogP contribution in [0.1, 0.15) is 11.3 Å². The zero-order valence-electron chi connectivity index (χ0n) is 13.2. The number of hydrogen-bond acceptors (Lipinski definition) is 3. The molecule has 0 N–H and O–H groups in total. The highest BCUT2D eigenvalue weighted by Crippen LogP contribution is 2.30. The van der Waals surface area contributed by atoms with Gasteiger partial charge in [0.1, 0.15) is 0 Å². The Morgan fingerprint density at radius 2 is 1.71 bits per heavy atom. The lowest BCUT2D eigenvalue weighted by Gasteiger charge is -2.27. The van der Waals surface area contributed by atoms with Crippen LogP contribution in [0.4, 0.5) is 5.69 Å². The minimum absolute atomic E-state index is 0.812. The van der Waals surface area contributed by atoms with E-state index in [-0.39, 0.29) is 0 Å². The number of rotatable bonds is 3. The van der Waals surface area contributed by atoms with Gasteiger partial charge >= 0.3 is 0 Å². The normalized spacial score (nSPS) is 14.1. The van der Waals surface area contributed by atoms with E-state index in [9.17, 15) is 0 Å². The Labute approximate surface area is 141 Å². The molecule has 116 valence electrons. The first-order valence-electron chi connectivity index (χ1n) is 7.96. The number of anilines is 1. The molecular weight excluding hydrogens is 294 g/mol. The van der Waals surface area contributed by atoms with Crippen molar-refractivity contribution < 1.29 is 0 Å². The summed E-state index contributed by atoms with van der Waals surface area (Å²) in [6.07, 6.45) is 9.89. The van der Waals surface area contributed by atoms with Crippen LogP contribution in [0, 0.1) is 0 Å². The van der Waals surface area contributed by atoms with Gasteiger partial charge in [0.15, 0.2) is 0 Å². The van der Waals surface area contributed by atoms with Crippen molar-refractivity contribution in [2.24, 2.45) is 0 Å². The third-order valence-electron chi connectivity index (χ3n) is 4.05. The van der Waals surface area contributed by atoms with Gasteiger partial charge in [-0.3, -0.25) is 9.97 Å². The number of benzene rings is 1. The van der Waals surface area contributed by atoms with E-state index in [1.165, 1.54) is 11.1 Å². The summed E-state index contributed by atoms with van der Waals surface area (Å²) in [7, 11) is 0. The zero-order valence-corrected chi connectivity index (χ0v) is 13.2. The van der Waals surface area contributed by atoms with Gasteiger partial charge in [-0.25, -0.2) is 0 Å². The number of nitrogens with zero attached hydrogens (tertiary/aromatic N) is 3. The van der Waals surface area contributed by atoms with Crippen LogP contribution in [-0.4, -0.2) is 16.5 Å². The third kappa shape index (κ3) is 2.97. The van der Waals surface area contributed by atoms with Crippen molar-refractivity contribution in [1.82, 2.24) is 9.97 Å². The average Bonchev–Trinajstić information content (AvgIpc) is 2.70. The van der Waals surface area contributed by atoms with Crippen molar-refractivity contribution >= 4 is 16.8 Å². The molecule has 3 aromatic rings. The molecule has 0 unspecified atom stereocenters. The van der Waals surface area contributed by atoms with E-state index in [0.717, 1.165) is 23.5 Å². The van der Waals surface area contributed by atoms with Crippen LogP contribution in [0.15, 0.2) is 91.5 Å². The first-order valence-corrected chi connectivity index (χ1v) is 7.96. The summed E-state index contributed by atoms with van der Waals surface area (Å²) < 4.78 is 0. The van der Waals surface area contributed by atoms with E-state index in [1.807, 2.05) is 42.7 Å². The van der Waals surface area contributed by atoms with Crippen LogP contribution in [-0.2, 0) is 0 Å². The summed E-state index contributed by atoms with van der Waals surface area (Å²) in [4.78, 5) is 11.0. The average molecular weight is 311 g/mol. The lowest BCUT2D eigenvalue weighted by atomic mass is 9.98. The SMILES string of the molecule is C1=C(c2ccccc2)CN(c2cccnc2)C=C1c1ccccn1. The Morgan fingerprint density at radius 1 is 0.833 bits per heavy atom. The molecule has 0 saturated heterocycles. The molecule has 0 fully saturated rings.